The first-order valence-corrected chi connectivity index (χ1v) is 9.03. The van der Waals surface area contributed by atoms with Gasteiger partial charge in [0.15, 0.2) is 0 Å². The van der Waals surface area contributed by atoms with Gasteiger partial charge in [-0.2, -0.15) is 0 Å². The van der Waals surface area contributed by atoms with Crippen molar-refractivity contribution in [3.05, 3.63) is 24.3 Å². The van der Waals surface area contributed by atoms with Crippen LogP contribution in [0.3, 0.4) is 0 Å². The summed E-state index contributed by atoms with van der Waals surface area (Å²) in [6.45, 7) is 2.91. The fraction of sp³-hybridized carbons (Fsp3) is 0.684. The second-order valence-corrected chi connectivity index (χ2v) is 7.13. The van der Waals surface area contributed by atoms with Crippen LogP contribution < -0.4 is 15.0 Å². The van der Waals surface area contributed by atoms with Crippen molar-refractivity contribution in [2.24, 2.45) is 0 Å². The molecule has 1 aliphatic heterocycles. The van der Waals surface area contributed by atoms with E-state index in [9.17, 15) is 5.11 Å². The molecule has 0 amide bonds. The van der Waals surface area contributed by atoms with Crippen molar-refractivity contribution in [1.29, 1.82) is 0 Å². The second-order valence-electron chi connectivity index (χ2n) is 7.13. The van der Waals surface area contributed by atoms with E-state index in [1.807, 2.05) is 12.1 Å². The molecular formula is C19H30N2O2. The van der Waals surface area contributed by atoms with Gasteiger partial charge in [-0.1, -0.05) is 19.3 Å². The molecule has 2 N–H and O–H groups in total. The summed E-state index contributed by atoms with van der Waals surface area (Å²) < 4.78 is 5.22. The summed E-state index contributed by atoms with van der Waals surface area (Å²) in [5.74, 6) is 0.908. The molecule has 4 heteroatoms. The molecule has 128 valence electrons. The minimum absolute atomic E-state index is 0.453. The zero-order chi connectivity index (χ0) is 16.1. The molecule has 0 unspecified atom stereocenters. The number of rotatable bonds is 5. The summed E-state index contributed by atoms with van der Waals surface area (Å²) in [6, 6.07) is 8.86. The highest BCUT2D eigenvalue weighted by Gasteiger charge is 2.30. The average Bonchev–Trinajstić information content (AvgIpc) is 2.61. The molecule has 0 atom stereocenters. The van der Waals surface area contributed by atoms with Crippen LogP contribution in [0.5, 0.6) is 5.75 Å². The number of nitrogens with zero attached hydrogens (tertiary/aromatic N) is 1. The first-order chi connectivity index (χ1) is 11.2. The molecule has 1 aromatic carbocycles. The van der Waals surface area contributed by atoms with Gasteiger partial charge in [0, 0.05) is 31.4 Å². The van der Waals surface area contributed by atoms with Gasteiger partial charge in [-0.25, -0.2) is 0 Å². The minimum atomic E-state index is -0.453. The molecule has 23 heavy (non-hydrogen) atoms. The standard InChI is InChI=1S/C19H30N2O2/c1-23-18-7-5-17(6-8-18)21-13-9-16(10-14-21)20-15-19(22)11-3-2-4-12-19/h5-8,16,20,22H,2-4,9-15H2,1H3. The summed E-state index contributed by atoms with van der Waals surface area (Å²) in [5, 5.41) is 14.2. The number of benzene rings is 1. The molecular weight excluding hydrogens is 288 g/mol. The van der Waals surface area contributed by atoms with Crippen molar-refractivity contribution >= 4 is 5.69 Å². The molecule has 1 heterocycles. The molecule has 0 aromatic heterocycles. The molecule has 2 fully saturated rings. The lowest BCUT2D eigenvalue weighted by Gasteiger charge is -2.37. The number of nitrogens with one attached hydrogen (secondary N) is 1. The Labute approximate surface area is 139 Å². The summed E-state index contributed by atoms with van der Waals surface area (Å²) in [7, 11) is 1.70. The van der Waals surface area contributed by atoms with E-state index in [2.05, 4.69) is 22.3 Å². The van der Waals surface area contributed by atoms with Crippen molar-refractivity contribution in [1.82, 2.24) is 5.32 Å². The molecule has 4 nitrogen and oxygen atoms in total. The molecule has 1 saturated heterocycles. The third kappa shape index (κ3) is 4.39. The van der Waals surface area contributed by atoms with E-state index < -0.39 is 5.60 Å². The Morgan fingerprint density at radius 1 is 1.13 bits per heavy atom. The fourth-order valence-electron chi connectivity index (χ4n) is 3.86. The first-order valence-electron chi connectivity index (χ1n) is 9.03. The quantitative estimate of drug-likeness (QED) is 0.876. The molecule has 0 bridgehead atoms. The van der Waals surface area contributed by atoms with Crippen LogP contribution >= 0.6 is 0 Å². The van der Waals surface area contributed by atoms with Crippen LogP contribution in [-0.2, 0) is 0 Å². The Morgan fingerprint density at radius 2 is 1.78 bits per heavy atom. The van der Waals surface area contributed by atoms with E-state index in [1.165, 1.54) is 24.9 Å². The van der Waals surface area contributed by atoms with Gasteiger partial charge in [0.25, 0.3) is 0 Å². The van der Waals surface area contributed by atoms with Crippen LogP contribution in [0, 0.1) is 0 Å². The van der Waals surface area contributed by atoms with Gasteiger partial charge in [0.2, 0.25) is 0 Å². The maximum atomic E-state index is 10.6. The molecule has 1 aromatic rings. The molecule has 0 spiro atoms. The predicted octanol–water partition coefficient (Wildman–Crippen LogP) is 2.95. The third-order valence-electron chi connectivity index (χ3n) is 5.44. The predicted molar refractivity (Wildman–Crippen MR) is 94.3 cm³/mol. The highest BCUT2D eigenvalue weighted by atomic mass is 16.5. The summed E-state index contributed by atoms with van der Waals surface area (Å²) >= 11 is 0. The van der Waals surface area contributed by atoms with Gasteiger partial charge in [-0.15, -0.1) is 0 Å². The Hall–Kier alpha value is -1.26. The molecule has 1 saturated carbocycles. The highest BCUT2D eigenvalue weighted by Crippen LogP contribution is 2.28. The molecule has 1 aliphatic carbocycles. The Morgan fingerprint density at radius 3 is 2.39 bits per heavy atom. The second kappa shape index (κ2) is 7.54. The minimum Gasteiger partial charge on any atom is -0.497 e. The van der Waals surface area contributed by atoms with Crippen LogP contribution in [0.25, 0.3) is 0 Å². The number of piperidine rings is 1. The monoisotopic (exact) mass is 318 g/mol. The molecule has 3 rings (SSSR count). The lowest BCUT2D eigenvalue weighted by Crippen LogP contribution is -2.49. The maximum absolute atomic E-state index is 10.6. The number of methoxy groups -OCH3 is 1. The third-order valence-corrected chi connectivity index (χ3v) is 5.44. The first kappa shape index (κ1) is 16.6. The van der Waals surface area contributed by atoms with Gasteiger partial charge in [-0.3, -0.25) is 0 Å². The van der Waals surface area contributed by atoms with E-state index in [1.54, 1.807) is 7.11 Å². The number of aliphatic hydroxyl groups is 1. The average molecular weight is 318 g/mol. The van der Waals surface area contributed by atoms with E-state index in [-0.39, 0.29) is 0 Å². The van der Waals surface area contributed by atoms with Crippen molar-refractivity contribution in [2.75, 3.05) is 31.6 Å². The van der Waals surface area contributed by atoms with E-state index in [0.29, 0.717) is 6.04 Å². The topological polar surface area (TPSA) is 44.7 Å². The fourth-order valence-corrected chi connectivity index (χ4v) is 3.86. The number of hydrogen-bond acceptors (Lipinski definition) is 4. The smallest absolute Gasteiger partial charge is 0.119 e. The van der Waals surface area contributed by atoms with Crippen LogP contribution in [0.2, 0.25) is 0 Å². The summed E-state index contributed by atoms with van der Waals surface area (Å²) in [4.78, 5) is 2.44. The highest BCUT2D eigenvalue weighted by molar-refractivity contribution is 5.49. The molecule has 2 aliphatic rings. The summed E-state index contributed by atoms with van der Waals surface area (Å²) in [5.41, 5.74) is 0.820. The Bertz CT molecular complexity index is 475. The number of ether oxygens (including phenoxy) is 1. The Kier molecular flexibility index (Phi) is 5.44. The molecule has 0 radical (unpaired) electrons. The SMILES string of the molecule is COc1ccc(N2CCC(NCC3(O)CCCCC3)CC2)cc1. The van der Waals surface area contributed by atoms with E-state index >= 15 is 0 Å². The Balaban J connectivity index is 1.44. The largest absolute Gasteiger partial charge is 0.497 e. The van der Waals surface area contributed by atoms with Crippen LogP contribution in [0.15, 0.2) is 24.3 Å². The van der Waals surface area contributed by atoms with Crippen LogP contribution in [0.1, 0.15) is 44.9 Å². The van der Waals surface area contributed by atoms with Gasteiger partial charge in [-0.05, 0) is 49.9 Å². The van der Waals surface area contributed by atoms with Crippen molar-refractivity contribution < 1.29 is 9.84 Å². The van der Waals surface area contributed by atoms with Crippen molar-refractivity contribution in [3.63, 3.8) is 0 Å². The van der Waals surface area contributed by atoms with Crippen molar-refractivity contribution in [2.45, 2.75) is 56.6 Å². The lowest BCUT2D eigenvalue weighted by atomic mass is 9.84. The summed E-state index contributed by atoms with van der Waals surface area (Å²) in [6.07, 6.45) is 7.84. The van der Waals surface area contributed by atoms with Gasteiger partial charge < -0.3 is 20.1 Å². The van der Waals surface area contributed by atoms with E-state index in [0.717, 1.165) is 51.1 Å². The zero-order valence-electron chi connectivity index (χ0n) is 14.3. The van der Waals surface area contributed by atoms with Gasteiger partial charge in [0.05, 0.1) is 12.7 Å². The number of hydrogen-bond donors (Lipinski definition) is 2. The normalized spacial score (nSPS) is 22.1. The van der Waals surface area contributed by atoms with Gasteiger partial charge >= 0.3 is 0 Å². The van der Waals surface area contributed by atoms with Crippen LogP contribution in [0.4, 0.5) is 5.69 Å². The zero-order valence-corrected chi connectivity index (χ0v) is 14.3. The number of anilines is 1. The van der Waals surface area contributed by atoms with Gasteiger partial charge in [0.1, 0.15) is 5.75 Å². The van der Waals surface area contributed by atoms with Crippen LogP contribution in [-0.4, -0.2) is 43.5 Å². The maximum Gasteiger partial charge on any atom is 0.119 e. The van der Waals surface area contributed by atoms with E-state index in [4.69, 9.17) is 4.74 Å². The lowest BCUT2D eigenvalue weighted by molar-refractivity contribution is 0.00205. The van der Waals surface area contributed by atoms with Crippen molar-refractivity contribution in [3.8, 4) is 5.75 Å².